The van der Waals surface area contributed by atoms with Gasteiger partial charge in [-0.25, -0.2) is 4.79 Å². The van der Waals surface area contributed by atoms with Crippen molar-refractivity contribution in [2.75, 3.05) is 10.6 Å². The predicted octanol–water partition coefficient (Wildman–Crippen LogP) is 0.182. The van der Waals surface area contributed by atoms with E-state index in [1.807, 2.05) is 0 Å². The number of imide groups is 1. The lowest BCUT2D eigenvalue weighted by Gasteiger charge is -2.09. The van der Waals surface area contributed by atoms with Gasteiger partial charge >= 0.3 is 6.03 Å². The van der Waals surface area contributed by atoms with Crippen LogP contribution in [0, 0.1) is 0 Å². The average molecular weight is 290 g/mol. The van der Waals surface area contributed by atoms with E-state index in [4.69, 9.17) is 0 Å². The Balaban J connectivity index is 1.89. The predicted molar refractivity (Wildman–Crippen MR) is 74.5 cm³/mol. The van der Waals surface area contributed by atoms with Gasteiger partial charge in [0.2, 0.25) is 11.8 Å². The zero-order valence-corrected chi connectivity index (χ0v) is 11.2. The highest BCUT2D eigenvalue weighted by Gasteiger charge is 2.31. The van der Waals surface area contributed by atoms with Crippen molar-refractivity contribution < 1.29 is 19.2 Å². The Labute approximate surface area is 120 Å². The minimum atomic E-state index is -0.851. The zero-order chi connectivity index (χ0) is 15.4. The van der Waals surface area contributed by atoms with Crippen molar-refractivity contribution >= 4 is 35.1 Å². The fourth-order valence-electron chi connectivity index (χ4n) is 1.84. The summed E-state index contributed by atoms with van der Waals surface area (Å²) in [4.78, 5) is 44.9. The summed E-state index contributed by atoms with van der Waals surface area (Å²) in [6.07, 6.45) is -0.148. The molecule has 1 heterocycles. The van der Waals surface area contributed by atoms with Crippen LogP contribution in [0.3, 0.4) is 0 Å². The molecule has 0 aromatic heterocycles. The first-order valence-corrected chi connectivity index (χ1v) is 6.23. The Bertz CT molecular complexity index is 597. The Hall–Kier alpha value is -2.90. The van der Waals surface area contributed by atoms with Crippen LogP contribution in [0.15, 0.2) is 24.3 Å². The number of anilines is 2. The van der Waals surface area contributed by atoms with Crippen molar-refractivity contribution in [3.8, 4) is 0 Å². The maximum atomic E-state index is 11.8. The highest BCUT2D eigenvalue weighted by molar-refractivity contribution is 6.06. The molecule has 4 N–H and O–H groups in total. The zero-order valence-electron chi connectivity index (χ0n) is 11.2. The van der Waals surface area contributed by atoms with E-state index in [0.717, 1.165) is 0 Å². The van der Waals surface area contributed by atoms with Gasteiger partial charge in [-0.2, -0.15) is 0 Å². The number of nitrogens with one attached hydrogen (secondary N) is 4. The molecule has 8 heteroatoms. The summed E-state index contributed by atoms with van der Waals surface area (Å²) in [5.41, 5.74) is 1.14. The molecular formula is C13H14N4O4. The van der Waals surface area contributed by atoms with E-state index in [1.54, 1.807) is 24.3 Å². The maximum Gasteiger partial charge on any atom is 0.322 e. The van der Waals surface area contributed by atoms with Crippen LogP contribution in [0.1, 0.15) is 13.3 Å². The van der Waals surface area contributed by atoms with Crippen LogP contribution in [-0.2, 0) is 14.4 Å². The SMILES string of the molecule is CC(=O)Nc1ccc(NC(=O)CC2NC(=O)NC2=O)cc1. The summed E-state index contributed by atoms with van der Waals surface area (Å²) in [6.45, 7) is 1.40. The van der Waals surface area contributed by atoms with Crippen LogP contribution in [0.5, 0.6) is 0 Å². The molecule has 0 radical (unpaired) electrons. The van der Waals surface area contributed by atoms with Crippen molar-refractivity contribution in [3.63, 3.8) is 0 Å². The van der Waals surface area contributed by atoms with Crippen molar-refractivity contribution in [1.82, 2.24) is 10.6 Å². The summed E-state index contributed by atoms with van der Waals surface area (Å²) in [6, 6.07) is 5.07. The monoisotopic (exact) mass is 290 g/mol. The third kappa shape index (κ3) is 4.03. The Morgan fingerprint density at radius 2 is 1.67 bits per heavy atom. The van der Waals surface area contributed by atoms with Crippen LogP contribution in [0.2, 0.25) is 0 Å². The first kappa shape index (κ1) is 14.5. The van der Waals surface area contributed by atoms with Crippen molar-refractivity contribution in [2.24, 2.45) is 0 Å². The van der Waals surface area contributed by atoms with Gasteiger partial charge in [0.25, 0.3) is 5.91 Å². The molecule has 1 saturated heterocycles. The van der Waals surface area contributed by atoms with E-state index in [-0.39, 0.29) is 12.3 Å². The molecule has 1 aliphatic rings. The normalized spacial score (nSPS) is 16.9. The highest BCUT2D eigenvalue weighted by Crippen LogP contribution is 2.14. The van der Waals surface area contributed by atoms with Crippen LogP contribution >= 0.6 is 0 Å². The standard InChI is InChI=1S/C13H14N4O4/c1-7(18)14-8-2-4-9(5-3-8)15-11(19)6-10-12(20)17-13(21)16-10/h2-5,10H,6H2,1H3,(H,14,18)(H,15,19)(H2,16,17,20,21). The fourth-order valence-corrected chi connectivity index (χ4v) is 1.84. The second-order valence-corrected chi connectivity index (χ2v) is 4.53. The molecule has 0 saturated carbocycles. The number of rotatable bonds is 4. The Morgan fingerprint density at radius 3 is 2.14 bits per heavy atom. The van der Waals surface area contributed by atoms with Crippen LogP contribution < -0.4 is 21.3 Å². The van der Waals surface area contributed by atoms with Crippen LogP contribution in [-0.4, -0.2) is 29.8 Å². The lowest BCUT2D eigenvalue weighted by Crippen LogP contribution is -2.33. The van der Waals surface area contributed by atoms with E-state index in [9.17, 15) is 19.2 Å². The summed E-state index contributed by atoms with van der Waals surface area (Å²) in [5, 5.41) is 9.60. The molecule has 110 valence electrons. The number of urea groups is 1. The quantitative estimate of drug-likeness (QED) is 0.592. The van der Waals surface area contributed by atoms with Crippen LogP contribution in [0.4, 0.5) is 16.2 Å². The first-order valence-electron chi connectivity index (χ1n) is 6.23. The van der Waals surface area contributed by atoms with Gasteiger partial charge in [-0.15, -0.1) is 0 Å². The Morgan fingerprint density at radius 1 is 1.10 bits per heavy atom. The molecule has 0 aliphatic carbocycles. The summed E-state index contributed by atoms with van der Waals surface area (Å²) in [7, 11) is 0. The molecular weight excluding hydrogens is 276 g/mol. The molecule has 1 unspecified atom stereocenters. The second kappa shape index (κ2) is 6.04. The molecule has 1 aromatic carbocycles. The van der Waals surface area contributed by atoms with Gasteiger partial charge < -0.3 is 16.0 Å². The number of hydrogen-bond donors (Lipinski definition) is 4. The molecule has 1 aromatic rings. The minimum Gasteiger partial charge on any atom is -0.326 e. The summed E-state index contributed by atoms with van der Waals surface area (Å²) < 4.78 is 0. The number of benzene rings is 1. The number of carbonyl (C=O) groups is 4. The minimum absolute atomic E-state index is 0.148. The highest BCUT2D eigenvalue weighted by atomic mass is 16.2. The van der Waals surface area contributed by atoms with Crippen LogP contribution in [0.25, 0.3) is 0 Å². The van der Waals surface area contributed by atoms with Crippen molar-refractivity contribution in [3.05, 3.63) is 24.3 Å². The number of amides is 5. The topological polar surface area (TPSA) is 116 Å². The summed E-state index contributed by atoms with van der Waals surface area (Å²) in [5.74, 6) is -1.10. The fraction of sp³-hybridized carbons (Fsp3) is 0.231. The van der Waals surface area contributed by atoms with Gasteiger partial charge in [0, 0.05) is 18.3 Å². The first-order chi connectivity index (χ1) is 9.94. The van der Waals surface area contributed by atoms with Gasteiger partial charge in [-0.3, -0.25) is 19.7 Å². The van der Waals surface area contributed by atoms with Gasteiger partial charge in [0.1, 0.15) is 6.04 Å². The third-order valence-electron chi connectivity index (χ3n) is 2.74. The lowest BCUT2D eigenvalue weighted by atomic mass is 10.2. The van der Waals surface area contributed by atoms with Gasteiger partial charge in [0.15, 0.2) is 0 Å². The van der Waals surface area contributed by atoms with Gasteiger partial charge in [0.05, 0.1) is 6.42 Å². The number of hydrogen-bond acceptors (Lipinski definition) is 4. The lowest BCUT2D eigenvalue weighted by molar-refractivity contribution is -0.124. The van der Waals surface area contributed by atoms with Gasteiger partial charge in [-0.1, -0.05) is 0 Å². The van der Waals surface area contributed by atoms with E-state index < -0.39 is 23.9 Å². The maximum absolute atomic E-state index is 11.8. The molecule has 2 rings (SSSR count). The molecule has 8 nitrogen and oxygen atoms in total. The number of carbonyl (C=O) groups excluding carboxylic acids is 4. The smallest absolute Gasteiger partial charge is 0.322 e. The third-order valence-corrected chi connectivity index (χ3v) is 2.74. The molecule has 1 fully saturated rings. The Kier molecular flexibility index (Phi) is 4.17. The molecule has 21 heavy (non-hydrogen) atoms. The molecule has 0 bridgehead atoms. The second-order valence-electron chi connectivity index (χ2n) is 4.53. The van der Waals surface area contributed by atoms with Gasteiger partial charge in [-0.05, 0) is 24.3 Å². The van der Waals surface area contributed by atoms with E-state index in [0.29, 0.717) is 11.4 Å². The molecule has 1 atom stereocenters. The molecule has 1 aliphatic heterocycles. The largest absolute Gasteiger partial charge is 0.326 e. The van der Waals surface area contributed by atoms with E-state index >= 15 is 0 Å². The molecule has 0 spiro atoms. The molecule has 5 amide bonds. The van der Waals surface area contributed by atoms with E-state index in [1.165, 1.54) is 6.92 Å². The van der Waals surface area contributed by atoms with Crippen molar-refractivity contribution in [2.45, 2.75) is 19.4 Å². The average Bonchev–Trinajstić information content (AvgIpc) is 2.69. The summed E-state index contributed by atoms with van der Waals surface area (Å²) >= 11 is 0. The van der Waals surface area contributed by atoms with Crippen molar-refractivity contribution in [1.29, 1.82) is 0 Å². The van der Waals surface area contributed by atoms with E-state index in [2.05, 4.69) is 21.3 Å².